The van der Waals surface area contributed by atoms with Gasteiger partial charge in [-0.3, -0.25) is 9.89 Å². The monoisotopic (exact) mass is 365 g/mol. The molecule has 1 N–H and O–H groups in total. The van der Waals surface area contributed by atoms with Crippen molar-refractivity contribution in [3.63, 3.8) is 0 Å². The summed E-state index contributed by atoms with van der Waals surface area (Å²) in [5.74, 6) is 1.12. The predicted molar refractivity (Wildman–Crippen MR) is 108 cm³/mol. The van der Waals surface area contributed by atoms with E-state index in [0.717, 1.165) is 37.2 Å². The fraction of sp³-hybridized carbons (Fsp3) is 0.333. The molecular weight excluding hydrogens is 342 g/mol. The molecule has 0 radical (unpaired) electrons. The first-order valence-electron chi connectivity index (χ1n) is 9.06. The smallest absolute Gasteiger partial charge is 0.232 e. The van der Waals surface area contributed by atoms with Crippen LogP contribution in [0, 0.1) is 0 Å². The topological polar surface area (TPSA) is 49.0 Å². The summed E-state index contributed by atoms with van der Waals surface area (Å²) < 4.78 is 0. The highest BCUT2D eigenvalue weighted by atomic mass is 32.2. The van der Waals surface area contributed by atoms with E-state index in [1.54, 1.807) is 11.8 Å². The Balaban J connectivity index is 1.68. The Labute approximate surface area is 158 Å². The number of nitrogens with one attached hydrogen (secondary N) is 1. The number of carbonyl (C=O) groups excluding carboxylic acids is 1. The van der Waals surface area contributed by atoms with Crippen molar-refractivity contribution in [2.45, 2.75) is 18.8 Å². The molecule has 1 fully saturated rings. The molecular formula is C21H23N3OS. The lowest BCUT2D eigenvalue weighted by atomic mass is 9.89. The van der Waals surface area contributed by atoms with Gasteiger partial charge in [0.1, 0.15) is 0 Å². The minimum atomic E-state index is 0.244. The Bertz CT molecular complexity index is 915. The van der Waals surface area contributed by atoms with E-state index in [1.807, 2.05) is 17.4 Å². The number of hydrogen-bond donors (Lipinski definition) is 1. The minimum absolute atomic E-state index is 0.244. The molecule has 0 spiro atoms. The SMILES string of the molecule is CSCC(=O)N1CCCC(c2[nH]ncc2-c2cccc3ccccc23)C1. The van der Waals surface area contributed by atoms with Crippen LogP contribution in [0.15, 0.2) is 48.7 Å². The van der Waals surface area contributed by atoms with E-state index in [2.05, 4.69) is 52.7 Å². The van der Waals surface area contributed by atoms with E-state index in [9.17, 15) is 4.79 Å². The largest absolute Gasteiger partial charge is 0.341 e. The maximum atomic E-state index is 12.3. The second-order valence-electron chi connectivity index (χ2n) is 6.84. The lowest BCUT2D eigenvalue weighted by Crippen LogP contribution is -2.40. The van der Waals surface area contributed by atoms with Crippen LogP contribution in [0.5, 0.6) is 0 Å². The number of H-pyrrole nitrogens is 1. The van der Waals surface area contributed by atoms with E-state index < -0.39 is 0 Å². The molecule has 134 valence electrons. The third-order valence-corrected chi connectivity index (χ3v) is 5.73. The molecule has 0 saturated carbocycles. The molecule has 1 aromatic heterocycles. The highest BCUT2D eigenvalue weighted by molar-refractivity contribution is 7.99. The molecule has 0 aliphatic carbocycles. The fourth-order valence-electron chi connectivity index (χ4n) is 3.94. The third-order valence-electron chi connectivity index (χ3n) is 5.20. The van der Waals surface area contributed by atoms with E-state index >= 15 is 0 Å². The molecule has 4 nitrogen and oxygen atoms in total. The number of rotatable bonds is 4. The van der Waals surface area contributed by atoms with E-state index in [4.69, 9.17) is 0 Å². The lowest BCUT2D eigenvalue weighted by molar-refractivity contribution is -0.129. The maximum Gasteiger partial charge on any atom is 0.232 e. The van der Waals surface area contributed by atoms with Gasteiger partial charge in [-0.1, -0.05) is 42.5 Å². The van der Waals surface area contributed by atoms with Crippen molar-refractivity contribution in [1.29, 1.82) is 0 Å². The summed E-state index contributed by atoms with van der Waals surface area (Å²) in [5, 5.41) is 10.1. The zero-order valence-electron chi connectivity index (χ0n) is 14.9. The first-order chi connectivity index (χ1) is 12.8. The van der Waals surface area contributed by atoms with Gasteiger partial charge in [0.2, 0.25) is 5.91 Å². The van der Waals surface area contributed by atoms with Crippen molar-refractivity contribution in [2.24, 2.45) is 0 Å². The average molecular weight is 366 g/mol. The van der Waals surface area contributed by atoms with Gasteiger partial charge in [-0.25, -0.2) is 0 Å². The zero-order valence-corrected chi connectivity index (χ0v) is 15.8. The van der Waals surface area contributed by atoms with Gasteiger partial charge >= 0.3 is 0 Å². The second kappa shape index (κ2) is 7.54. The number of aromatic nitrogens is 2. The Morgan fingerprint density at radius 2 is 2.08 bits per heavy atom. The molecule has 3 aromatic rings. The molecule has 1 aliphatic heterocycles. The summed E-state index contributed by atoms with van der Waals surface area (Å²) in [6.07, 6.45) is 6.04. The van der Waals surface area contributed by atoms with Gasteiger partial charge in [-0.15, -0.1) is 0 Å². The molecule has 1 aliphatic rings. The van der Waals surface area contributed by atoms with Gasteiger partial charge in [0, 0.05) is 30.3 Å². The van der Waals surface area contributed by atoms with Crippen LogP contribution in [0.4, 0.5) is 0 Å². The summed E-state index contributed by atoms with van der Waals surface area (Å²) in [6.45, 7) is 1.65. The fourth-order valence-corrected chi connectivity index (χ4v) is 4.37. The number of nitrogens with zero attached hydrogens (tertiary/aromatic N) is 2. The quantitative estimate of drug-likeness (QED) is 0.750. The lowest BCUT2D eigenvalue weighted by Gasteiger charge is -2.32. The Morgan fingerprint density at radius 1 is 1.23 bits per heavy atom. The first kappa shape index (κ1) is 17.2. The number of carbonyl (C=O) groups is 1. The van der Waals surface area contributed by atoms with Crippen LogP contribution >= 0.6 is 11.8 Å². The molecule has 1 unspecified atom stereocenters. The molecule has 0 bridgehead atoms. The van der Waals surface area contributed by atoms with Crippen LogP contribution in [-0.2, 0) is 4.79 Å². The van der Waals surface area contributed by atoms with E-state index in [1.165, 1.54) is 16.3 Å². The maximum absolute atomic E-state index is 12.3. The number of likely N-dealkylation sites (tertiary alicyclic amines) is 1. The Hall–Kier alpha value is -2.27. The number of benzene rings is 2. The molecule has 1 amide bonds. The van der Waals surface area contributed by atoms with Gasteiger partial charge < -0.3 is 4.90 Å². The molecule has 1 saturated heterocycles. The summed E-state index contributed by atoms with van der Waals surface area (Å²) >= 11 is 1.59. The number of aromatic amines is 1. The van der Waals surface area contributed by atoms with Gasteiger partial charge in [-0.05, 0) is 35.4 Å². The van der Waals surface area contributed by atoms with Gasteiger partial charge in [-0.2, -0.15) is 16.9 Å². The van der Waals surface area contributed by atoms with Crippen LogP contribution in [0.3, 0.4) is 0 Å². The first-order valence-corrected chi connectivity index (χ1v) is 10.5. The van der Waals surface area contributed by atoms with Crippen molar-refractivity contribution >= 4 is 28.4 Å². The minimum Gasteiger partial charge on any atom is -0.341 e. The molecule has 4 rings (SSSR count). The van der Waals surface area contributed by atoms with Gasteiger partial charge in [0.25, 0.3) is 0 Å². The predicted octanol–water partition coefficient (Wildman–Crippen LogP) is 4.30. The Kier molecular flexibility index (Phi) is 4.98. The number of fused-ring (bicyclic) bond motifs is 1. The van der Waals surface area contributed by atoms with Crippen LogP contribution in [0.25, 0.3) is 21.9 Å². The molecule has 1 atom stereocenters. The van der Waals surface area contributed by atoms with Crippen LogP contribution in [-0.4, -0.2) is 46.1 Å². The van der Waals surface area contributed by atoms with Crippen molar-refractivity contribution in [1.82, 2.24) is 15.1 Å². The summed E-state index contributed by atoms with van der Waals surface area (Å²) in [4.78, 5) is 14.3. The summed E-state index contributed by atoms with van der Waals surface area (Å²) in [5.41, 5.74) is 3.52. The van der Waals surface area contributed by atoms with Crippen molar-refractivity contribution in [3.8, 4) is 11.1 Å². The highest BCUT2D eigenvalue weighted by Gasteiger charge is 2.27. The standard InChI is InChI=1S/C21H23N3OS/c1-26-14-20(25)24-11-5-8-16(13-24)21-19(12-22-23-21)18-10-4-7-15-6-2-3-9-17(15)18/h2-4,6-7,9-10,12,16H,5,8,11,13-14H2,1H3,(H,22,23). The zero-order chi connectivity index (χ0) is 17.9. The van der Waals surface area contributed by atoms with Crippen LogP contribution in [0.1, 0.15) is 24.5 Å². The number of thioether (sulfide) groups is 1. The van der Waals surface area contributed by atoms with Crippen LogP contribution in [0.2, 0.25) is 0 Å². The summed E-state index contributed by atoms with van der Waals surface area (Å²) in [7, 11) is 0. The number of hydrogen-bond acceptors (Lipinski definition) is 3. The van der Waals surface area contributed by atoms with Crippen molar-refractivity contribution in [2.75, 3.05) is 25.1 Å². The average Bonchev–Trinajstić information content (AvgIpc) is 3.17. The van der Waals surface area contributed by atoms with Crippen LogP contribution < -0.4 is 0 Å². The van der Waals surface area contributed by atoms with Gasteiger partial charge in [0.05, 0.1) is 11.9 Å². The third kappa shape index (κ3) is 3.23. The van der Waals surface area contributed by atoms with E-state index in [0.29, 0.717) is 11.7 Å². The van der Waals surface area contributed by atoms with E-state index in [-0.39, 0.29) is 5.91 Å². The van der Waals surface area contributed by atoms with Crippen molar-refractivity contribution < 1.29 is 4.79 Å². The highest BCUT2D eigenvalue weighted by Crippen LogP contribution is 2.36. The normalized spacial score (nSPS) is 17.6. The number of piperidine rings is 1. The number of amides is 1. The molecule has 5 heteroatoms. The molecule has 2 aromatic carbocycles. The van der Waals surface area contributed by atoms with Gasteiger partial charge in [0.15, 0.2) is 0 Å². The van der Waals surface area contributed by atoms with Crippen molar-refractivity contribution in [3.05, 3.63) is 54.4 Å². The molecule has 26 heavy (non-hydrogen) atoms. The second-order valence-corrected chi connectivity index (χ2v) is 7.70. The molecule has 2 heterocycles. The summed E-state index contributed by atoms with van der Waals surface area (Å²) in [6, 6.07) is 14.9. The Morgan fingerprint density at radius 3 is 2.96 bits per heavy atom.